The van der Waals surface area contributed by atoms with Gasteiger partial charge in [0.1, 0.15) is 0 Å². The lowest BCUT2D eigenvalue weighted by Crippen LogP contribution is -2.28. The standard InChI is InChI=1S/C16H27N3O/c1-13-6-7-14(2)15(12-13)17-10-8-16(20)18-9-5-11-19(3)4/h6-7,12,17H,5,8-11H2,1-4H3,(H,18,20). The molecule has 0 aliphatic heterocycles. The van der Waals surface area contributed by atoms with E-state index in [0.717, 1.165) is 25.2 Å². The average Bonchev–Trinajstić information content (AvgIpc) is 2.38. The number of amides is 1. The Bertz CT molecular complexity index is 430. The normalized spacial score (nSPS) is 10.7. The summed E-state index contributed by atoms with van der Waals surface area (Å²) in [5.41, 5.74) is 3.55. The number of hydrogen-bond acceptors (Lipinski definition) is 3. The Hall–Kier alpha value is -1.55. The van der Waals surface area contributed by atoms with Gasteiger partial charge in [0.25, 0.3) is 0 Å². The van der Waals surface area contributed by atoms with Crippen molar-refractivity contribution in [1.29, 1.82) is 0 Å². The Morgan fingerprint density at radius 3 is 2.65 bits per heavy atom. The van der Waals surface area contributed by atoms with Gasteiger partial charge >= 0.3 is 0 Å². The van der Waals surface area contributed by atoms with Crippen molar-refractivity contribution in [3.63, 3.8) is 0 Å². The summed E-state index contributed by atoms with van der Waals surface area (Å²) in [5, 5.41) is 6.27. The molecule has 0 heterocycles. The van der Waals surface area contributed by atoms with E-state index in [-0.39, 0.29) is 5.91 Å². The van der Waals surface area contributed by atoms with Gasteiger partial charge < -0.3 is 15.5 Å². The monoisotopic (exact) mass is 277 g/mol. The molecule has 0 radical (unpaired) electrons. The van der Waals surface area contributed by atoms with Gasteiger partial charge in [0.05, 0.1) is 0 Å². The molecule has 0 bridgehead atoms. The van der Waals surface area contributed by atoms with Crippen molar-refractivity contribution >= 4 is 11.6 Å². The van der Waals surface area contributed by atoms with E-state index in [1.54, 1.807) is 0 Å². The van der Waals surface area contributed by atoms with E-state index in [2.05, 4.69) is 47.6 Å². The molecule has 1 aromatic carbocycles. The predicted octanol–water partition coefficient (Wildman–Crippen LogP) is 2.17. The number of rotatable bonds is 8. The van der Waals surface area contributed by atoms with Crippen LogP contribution in [-0.2, 0) is 4.79 Å². The first-order valence-corrected chi connectivity index (χ1v) is 7.21. The molecule has 0 unspecified atom stereocenters. The van der Waals surface area contributed by atoms with Crippen molar-refractivity contribution in [2.45, 2.75) is 26.7 Å². The first-order valence-electron chi connectivity index (χ1n) is 7.21. The van der Waals surface area contributed by atoms with E-state index in [4.69, 9.17) is 0 Å². The zero-order valence-corrected chi connectivity index (χ0v) is 13.1. The van der Waals surface area contributed by atoms with Crippen LogP contribution in [0, 0.1) is 13.8 Å². The minimum Gasteiger partial charge on any atom is -0.384 e. The van der Waals surface area contributed by atoms with E-state index in [9.17, 15) is 4.79 Å². The van der Waals surface area contributed by atoms with Crippen molar-refractivity contribution < 1.29 is 4.79 Å². The number of aryl methyl sites for hydroxylation is 2. The molecule has 1 rings (SSSR count). The van der Waals surface area contributed by atoms with Crippen LogP contribution in [0.5, 0.6) is 0 Å². The molecule has 0 aliphatic rings. The van der Waals surface area contributed by atoms with Gasteiger partial charge in [0.15, 0.2) is 0 Å². The summed E-state index contributed by atoms with van der Waals surface area (Å²) in [6.45, 7) is 6.57. The number of nitrogens with one attached hydrogen (secondary N) is 2. The van der Waals surface area contributed by atoms with Gasteiger partial charge in [-0.15, -0.1) is 0 Å². The lowest BCUT2D eigenvalue weighted by atomic mass is 10.1. The SMILES string of the molecule is Cc1ccc(C)c(NCCC(=O)NCCCN(C)C)c1. The van der Waals surface area contributed by atoms with Crippen LogP contribution in [0.25, 0.3) is 0 Å². The van der Waals surface area contributed by atoms with E-state index < -0.39 is 0 Å². The highest BCUT2D eigenvalue weighted by molar-refractivity contribution is 5.76. The van der Waals surface area contributed by atoms with Gasteiger partial charge in [-0.3, -0.25) is 4.79 Å². The van der Waals surface area contributed by atoms with Crippen molar-refractivity contribution in [2.24, 2.45) is 0 Å². The molecule has 1 aromatic rings. The number of nitrogens with zero attached hydrogens (tertiary/aromatic N) is 1. The summed E-state index contributed by atoms with van der Waals surface area (Å²) in [4.78, 5) is 13.8. The number of hydrogen-bond donors (Lipinski definition) is 2. The summed E-state index contributed by atoms with van der Waals surface area (Å²) in [6.07, 6.45) is 1.50. The Balaban J connectivity index is 2.20. The van der Waals surface area contributed by atoms with Crippen molar-refractivity contribution in [2.75, 3.05) is 39.0 Å². The van der Waals surface area contributed by atoms with E-state index in [1.807, 2.05) is 14.1 Å². The molecule has 0 spiro atoms. The van der Waals surface area contributed by atoms with Crippen molar-refractivity contribution in [1.82, 2.24) is 10.2 Å². The van der Waals surface area contributed by atoms with E-state index in [1.165, 1.54) is 11.1 Å². The third kappa shape index (κ3) is 6.57. The summed E-state index contributed by atoms with van der Waals surface area (Å²) in [7, 11) is 4.08. The molecular formula is C16H27N3O. The van der Waals surface area contributed by atoms with Gasteiger partial charge in [-0.1, -0.05) is 12.1 Å². The second-order valence-electron chi connectivity index (χ2n) is 5.50. The zero-order valence-electron chi connectivity index (χ0n) is 13.1. The van der Waals surface area contributed by atoms with Gasteiger partial charge in [-0.05, 0) is 58.1 Å². The molecule has 1 amide bonds. The smallest absolute Gasteiger partial charge is 0.221 e. The molecule has 0 aromatic heterocycles. The quantitative estimate of drug-likeness (QED) is 0.716. The minimum absolute atomic E-state index is 0.113. The highest BCUT2D eigenvalue weighted by atomic mass is 16.1. The van der Waals surface area contributed by atoms with Crippen LogP contribution >= 0.6 is 0 Å². The maximum Gasteiger partial charge on any atom is 0.221 e. The molecule has 20 heavy (non-hydrogen) atoms. The maximum absolute atomic E-state index is 11.7. The van der Waals surface area contributed by atoms with Crippen molar-refractivity contribution in [3.05, 3.63) is 29.3 Å². The molecule has 0 saturated heterocycles. The second kappa shape index (κ2) is 8.59. The Morgan fingerprint density at radius 1 is 1.20 bits per heavy atom. The topological polar surface area (TPSA) is 44.4 Å². The molecule has 112 valence electrons. The number of carbonyl (C=O) groups excluding carboxylic acids is 1. The molecule has 2 N–H and O–H groups in total. The highest BCUT2D eigenvalue weighted by Crippen LogP contribution is 2.15. The second-order valence-corrected chi connectivity index (χ2v) is 5.50. The molecule has 4 heteroatoms. The Morgan fingerprint density at radius 2 is 1.95 bits per heavy atom. The van der Waals surface area contributed by atoms with Gasteiger partial charge in [-0.2, -0.15) is 0 Å². The van der Waals surface area contributed by atoms with Gasteiger partial charge in [0, 0.05) is 25.2 Å². The van der Waals surface area contributed by atoms with Crippen molar-refractivity contribution in [3.8, 4) is 0 Å². The van der Waals surface area contributed by atoms with Crippen LogP contribution in [-0.4, -0.2) is 44.5 Å². The number of benzene rings is 1. The van der Waals surface area contributed by atoms with Crippen LogP contribution in [0.3, 0.4) is 0 Å². The molecule has 0 saturated carbocycles. The lowest BCUT2D eigenvalue weighted by molar-refractivity contribution is -0.120. The van der Waals surface area contributed by atoms with E-state index >= 15 is 0 Å². The molecular weight excluding hydrogens is 250 g/mol. The third-order valence-electron chi connectivity index (χ3n) is 3.16. The fourth-order valence-electron chi connectivity index (χ4n) is 1.95. The largest absolute Gasteiger partial charge is 0.384 e. The fraction of sp³-hybridized carbons (Fsp3) is 0.562. The Labute approximate surface area is 122 Å². The fourth-order valence-corrected chi connectivity index (χ4v) is 1.95. The highest BCUT2D eigenvalue weighted by Gasteiger charge is 2.02. The Kier molecular flexibility index (Phi) is 7.09. The summed E-state index contributed by atoms with van der Waals surface area (Å²) >= 11 is 0. The maximum atomic E-state index is 11.7. The molecule has 0 aliphatic carbocycles. The first-order chi connectivity index (χ1) is 9.49. The van der Waals surface area contributed by atoms with Crippen LogP contribution in [0.4, 0.5) is 5.69 Å². The van der Waals surface area contributed by atoms with Gasteiger partial charge in [-0.25, -0.2) is 0 Å². The number of carbonyl (C=O) groups is 1. The summed E-state index contributed by atoms with van der Waals surface area (Å²) in [5.74, 6) is 0.113. The molecule has 0 atom stereocenters. The summed E-state index contributed by atoms with van der Waals surface area (Å²) in [6, 6.07) is 6.31. The van der Waals surface area contributed by atoms with Gasteiger partial charge in [0.2, 0.25) is 5.91 Å². The van der Waals surface area contributed by atoms with Crippen LogP contribution < -0.4 is 10.6 Å². The minimum atomic E-state index is 0.113. The first kappa shape index (κ1) is 16.5. The van der Waals surface area contributed by atoms with Crippen LogP contribution in [0.1, 0.15) is 24.0 Å². The average molecular weight is 277 g/mol. The number of anilines is 1. The van der Waals surface area contributed by atoms with Crippen LogP contribution in [0.2, 0.25) is 0 Å². The zero-order chi connectivity index (χ0) is 15.0. The molecule has 0 fully saturated rings. The summed E-state index contributed by atoms with van der Waals surface area (Å²) < 4.78 is 0. The van der Waals surface area contributed by atoms with Crippen LogP contribution in [0.15, 0.2) is 18.2 Å². The van der Waals surface area contributed by atoms with E-state index in [0.29, 0.717) is 13.0 Å². The lowest BCUT2D eigenvalue weighted by Gasteiger charge is -2.11. The molecule has 4 nitrogen and oxygen atoms in total. The third-order valence-corrected chi connectivity index (χ3v) is 3.16. The predicted molar refractivity (Wildman–Crippen MR) is 85.2 cm³/mol.